The molecule has 6 nitrogen and oxygen atoms in total. The van der Waals surface area contributed by atoms with Crippen LogP contribution in [0.25, 0.3) is 0 Å². The van der Waals surface area contributed by atoms with Crippen molar-refractivity contribution in [3.05, 3.63) is 16.6 Å². The van der Waals surface area contributed by atoms with Gasteiger partial charge in [0.25, 0.3) is 5.91 Å². The van der Waals surface area contributed by atoms with Gasteiger partial charge >= 0.3 is 5.97 Å². The molecule has 1 amide bonds. The summed E-state index contributed by atoms with van der Waals surface area (Å²) in [5.74, 6) is -1.22. The summed E-state index contributed by atoms with van der Waals surface area (Å²) in [7, 11) is 0. The first-order valence-electron chi connectivity index (χ1n) is 4.70. The van der Waals surface area contributed by atoms with Crippen molar-refractivity contribution in [1.29, 1.82) is 0 Å². The highest BCUT2D eigenvalue weighted by Gasteiger charge is 2.29. The zero-order valence-corrected chi connectivity index (χ0v) is 9.14. The normalized spacial score (nSPS) is 20.8. The Kier molecular flexibility index (Phi) is 3.16. The number of thiazole rings is 1. The van der Waals surface area contributed by atoms with Crippen LogP contribution in [-0.2, 0) is 9.53 Å². The number of carbonyl (C=O) groups is 2. The molecule has 2 rings (SSSR count). The summed E-state index contributed by atoms with van der Waals surface area (Å²) in [5, 5.41) is 8.80. The fraction of sp³-hybridized carbons (Fsp3) is 0.444. The van der Waals surface area contributed by atoms with E-state index in [4.69, 9.17) is 9.84 Å². The number of carboxylic acid groups (broad SMARTS) is 1. The van der Waals surface area contributed by atoms with Gasteiger partial charge in [-0.3, -0.25) is 9.78 Å². The van der Waals surface area contributed by atoms with E-state index in [1.54, 1.807) is 5.51 Å². The molecule has 1 aliphatic rings. The topological polar surface area (TPSA) is 79.7 Å². The maximum absolute atomic E-state index is 11.9. The monoisotopic (exact) mass is 242 g/mol. The van der Waals surface area contributed by atoms with Crippen LogP contribution in [0, 0.1) is 0 Å². The van der Waals surface area contributed by atoms with E-state index in [9.17, 15) is 9.59 Å². The molecule has 86 valence electrons. The number of nitrogens with zero attached hydrogens (tertiary/aromatic N) is 2. The maximum atomic E-state index is 11.9. The first kappa shape index (κ1) is 11.0. The second-order valence-corrected chi connectivity index (χ2v) is 4.20. The van der Waals surface area contributed by atoms with E-state index >= 15 is 0 Å². The molecule has 0 saturated carbocycles. The van der Waals surface area contributed by atoms with E-state index in [-0.39, 0.29) is 19.1 Å². The Morgan fingerprint density at radius 3 is 3.06 bits per heavy atom. The van der Waals surface area contributed by atoms with E-state index in [1.165, 1.54) is 22.4 Å². The Labute approximate surface area is 95.5 Å². The third-order valence-corrected chi connectivity index (χ3v) is 3.03. The van der Waals surface area contributed by atoms with Crippen LogP contribution >= 0.6 is 11.3 Å². The molecule has 1 unspecified atom stereocenters. The molecule has 0 spiro atoms. The zero-order valence-electron chi connectivity index (χ0n) is 8.33. The molecule has 1 aromatic rings. The van der Waals surface area contributed by atoms with E-state index in [1.807, 2.05) is 0 Å². The van der Waals surface area contributed by atoms with E-state index in [2.05, 4.69) is 4.98 Å². The second-order valence-electron chi connectivity index (χ2n) is 3.31. The van der Waals surface area contributed by atoms with Crippen LogP contribution < -0.4 is 0 Å². The van der Waals surface area contributed by atoms with Gasteiger partial charge in [-0.2, -0.15) is 0 Å². The van der Waals surface area contributed by atoms with Crippen molar-refractivity contribution in [2.75, 3.05) is 19.7 Å². The number of morpholine rings is 1. The molecule has 0 radical (unpaired) electrons. The number of aliphatic carboxylic acids is 1. The third-order valence-electron chi connectivity index (χ3n) is 2.27. The number of hydrogen-bond donors (Lipinski definition) is 1. The summed E-state index contributed by atoms with van der Waals surface area (Å²) < 4.78 is 5.03. The van der Waals surface area contributed by atoms with Crippen LogP contribution in [-0.4, -0.2) is 52.7 Å². The minimum atomic E-state index is -1.04. The van der Waals surface area contributed by atoms with Crippen LogP contribution in [0.1, 0.15) is 9.67 Å². The molecular weight excluding hydrogens is 232 g/mol. The first-order chi connectivity index (χ1) is 7.68. The first-order valence-corrected chi connectivity index (χ1v) is 5.58. The molecule has 1 atom stereocenters. The minimum Gasteiger partial charge on any atom is -0.479 e. The molecule has 1 saturated heterocycles. The number of ether oxygens (including phenoxy) is 1. The van der Waals surface area contributed by atoms with Gasteiger partial charge in [0.1, 0.15) is 4.88 Å². The number of carbonyl (C=O) groups excluding carboxylic acids is 1. The van der Waals surface area contributed by atoms with Crippen molar-refractivity contribution < 1.29 is 19.4 Å². The largest absolute Gasteiger partial charge is 0.479 e. The number of aromatic nitrogens is 1. The van der Waals surface area contributed by atoms with Crippen LogP contribution in [0.15, 0.2) is 11.7 Å². The Morgan fingerprint density at radius 2 is 2.44 bits per heavy atom. The molecule has 7 heteroatoms. The van der Waals surface area contributed by atoms with Gasteiger partial charge in [0, 0.05) is 6.54 Å². The van der Waals surface area contributed by atoms with Gasteiger partial charge in [0.15, 0.2) is 6.10 Å². The van der Waals surface area contributed by atoms with Gasteiger partial charge in [-0.15, -0.1) is 11.3 Å². The van der Waals surface area contributed by atoms with Gasteiger partial charge in [-0.1, -0.05) is 0 Å². The van der Waals surface area contributed by atoms with Crippen LogP contribution in [0.4, 0.5) is 0 Å². The summed E-state index contributed by atoms with van der Waals surface area (Å²) in [6.07, 6.45) is 0.559. The molecule has 1 N–H and O–H groups in total. The van der Waals surface area contributed by atoms with E-state index in [0.29, 0.717) is 11.4 Å². The quantitative estimate of drug-likeness (QED) is 0.793. The van der Waals surface area contributed by atoms with Gasteiger partial charge < -0.3 is 14.7 Å². The highest BCUT2D eigenvalue weighted by atomic mass is 32.1. The molecule has 0 aliphatic carbocycles. The van der Waals surface area contributed by atoms with Crippen molar-refractivity contribution >= 4 is 23.2 Å². The average molecular weight is 242 g/mol. The minimum absolute atomic E-state index is 0.0894. The van der Waals surface area contributed by atoms with Gasteiger partial charge in [0.2, 0.25) is 0 Å². The van der Waals surface area contributed by atoms with E-state index < -0.39 is 12.1 Å². The number of rotatable bonds is 2. The standard InChI is InChI=1S/C9H10N2O4S/c12-8(7-3-10-5-16-7)11-1-2-15-6(4-11)9(13)14/h3,5-6H,1-2,4H2,(H,13,14). The Morgan fingerprint density at radius 1 is 1.62 bits per heavy atom. The lowest BCUT2D eigenvalue weighted by Gasteiger charge is -2.30. The van der Waals surface area contributed by atoms with Crippen molar-refractivity contribution in [1.82, 2.24) is 9.88 Å². The summed E-state index contributed by atoms with van der Waals surface area (Å²) in [5.41, 5.74) is 1.57. The third kappa shape index (κ3) is 2.20. The van der Waals surface area contributed by atoms with Gasteiger partial charge in [-0.05, 0) is 0 Å². The lowest BCUT2D eigenvalue weighted by Crippen LogP contribution is -2.48. The zero-order chi connectivity index (χ0) is 11.5. The van der Waals surface area contributed by atoms with Crippen molar-refractivity contribution in [3.8, 4) is 0 Å². The second kappa shape index (κ2) is 4.58. The summed E-state index contributed by atoms with van der Waals surface area (Å²) in [4.78, 5) is 28.4. The SMILES string of the molecule is O=C(O)C1CN(C(=O)c2cncs2)CCO1. The molecule has 1 aliphatic heterocycles. The number of hydrogen-bond acceptors (Lipinski definition) is 5. The maximum Gasteiger partial charge on any atom is 0.334 e. The van der Waals surface area contributed by atoms with Gasteiger partial charge in [0.05, 0.1) is 24.9 Å². The Hall–Kier alpha value is -1.47. The fourth-order valence-corrected chi connectivity index (χ4v) is 2.05. The van der Waals surface area contributed by atoms with Crippen LogP contribution in [0.2, 0.25) is 0 Å². The van der Waals surface area contributed by atoms with E-state index in [0.717, 1.165) is 0 Å². The fourth-order valence-electron chi connectivity index (χ4n) is 1.46. The molecule has 0 bridgehead atoms. The smallest absolute Gasteiger partial charge is 0.334 e. The van der Waals surface area contributed by atoms with Gasteiger partial charge in [-0.25, -0.2) is 4.79 Å². The number of amides is 1. The predicted octanol–water partition coefficient (Wildman–Crippen LogP) is 0.0687. The summed E-state index contributed by atoms with van der Waals surface area (Å²) in [6, 6.07) is 0. The highest BCUT2D eigenvalue weighted by Crippen LogP contribution is 2.13. The number of carboxylic acids is 1. The molecule has 0 aromatic carbocycles. The molecule has 1 fully saturated rings. The molecule has 1 aromatic heterocycles. The lowest BCUT2D eigenvalue weighted by atomic mass is 10.2. The Balaban J connectivity index is 2.05. The predicted molar refractivity (Wildman–Crippen MR) is 55.4 cm³/mol. The Bertz CT molecular complexity index is 392. The van der Waals surface area contributed by atoms with Crippen molar-refractivity contribution in [3.63, 3.8) is 0 Å². The van der Waals surface area contributed by atoms with Crippen LogP contribution in [0.5, 0.6) is 0 Å². The summed E-state index contributed by atoms with van der Waals surface area (Å²) >= 11 is 1.24. The van der Waals surface area contributed by atoms with Crippen molar-refractivity contribution in [2.24, 2.45) is 0 Å². The van der Waals surface area contributed by atoms with Crippen LogP contribution in [0.3, 0.4) is 0 Å². The molecule has 16 heavy (non-hydrogen) atoms. The van der Waals surface area contributed by atoms with Crippen molar-refractivity contribution in [2.45, 2.75) is 6.10 Å². The average Bonchev–Trinajstić information content (AvgIpc) is 2.81. The molecular formula is C9H10N2O4S. The summed E-state index contributed by atoms with van der Waals surface area (Å²) in [6.45, 7) is 0.758. The molecule has 2 heterocycles. The highest BCUT2D eigenvalue weighted by molar-refractivity contribution is 7.11. The lowest BCUT2D eigenvalue weighted by molar-refractivity contribution is -0.154.